The van der Waals surface area contributed by atoms with E-state index in [-0.39, 0.29) is 6.61 Å². The minimum absolute atomic E-state index is 0.108. The highest BCUT2D eigenvalue weighted by atomic mass is 35.5. The third kappa shape index (κ3) is 2.76. The van der Waals surface area contributed by atoms with Crippen LogP contribution in [0.1, 0.15) is 5.56 Å². The molecule has 0 radical (unpaired) electrons. The first-order valence-electron chi connectivity index (χ1n) is 5.07. The van der Waals surface area contributed by atoms with Gasteiger partial charge in [0.25, 0.3) is 0 Å². The Labute approximate surface area is 125 Å². The molecule has 0 aliphatic heterocycles. The summed E-state index contributed by atoms with van der Waals surface area (Å²) >= 11 is 24.3. The van der Waals surface area contributed by atoms with E-state index in [0.717, 1.165) is 5.56 Å². The molecule has 2 aromatic carbocycles. The van der Waals surface area contributed by atoms with Crippen LogP contribution >= 0.6 is 46.4 Å². The predicted octanol–water partition coefficient (Wildman–Crippen LogP) is 5.46. The van der Waals surface area contributed by atoms with Crippen LogP contribution in [0.3, 0.4) is 0 Å². The Hall–Kier alpha value is -0.440. The summed E-state index contributed by atoms with van der Waals surface area (Å²) in [7, 11) is 0. The monoisotopic (exact) mass is 320 g/mol. The lowest BCUT2D eigenvalue weighted by Gasteiger charge is -2.10. The van der Waals surface area contributed by atoms with Crippen LogP contribution in [0.4, 0.5) is 0 Å². The van der Waals surface area contributed by atoms with Gasteiger partial charge in [-0.3, -0.25) is 0 Å². The van der Waals surface area contributed by atoms with Crippen LogP contribution in [-0.2, 0) is 6.61 Å². The van der Waals surface area contributed by atoms with E-state index in [1.165, 1.54) is 0 Å². The third-order valence-electron chi connectivity index (χ3n) is 2.47. The van der Waals surface area contributed by atoms with Crippen LogP contribution < -0.4 is 0 Å². The Bertz CT molecular complexity index is 596. The van der Waals surface area contributed by atoms with E-state index in [9.17, 15) is 5.11 Å². The highest BCUT2D eigenvalue weighted by Crippen LogP contribution is 2.40. The topological polar surface area (TPSA) is 20.2 Å². The Balaban J connectivity index is 2.69. The largest absolute Gasteiger partial charge is 0.392 e. The Morgan fingerprint density at radius 3 is 2.22 bits per heavy atom. The molecule has 0 aliphatic carbocycles. The van der Waals surface area contributed by atoms with Gasteiger partial charge in [-0.15, -0.1) is 0 Å². The number of benzene rings is 2. The van der Waals surface area contributed by atoms with E-state index in [0.29, 0.717) is 31.2 Å². The average Bonchev–Trinajstić information content (AvgIpc) is 2.34. The molecule has 0 spiro atoms. The molecule has 0 aromatic heterocycles. The second-order valence-electron chi connectivity index (χ2n) is 3.72. The summed E-state index contributed by atoms with van der Waals surface area (Å²) in [6, 6.07) is 8.48. The molecule has 5 heteroatoms. The number of aliphatic hydroxyl groups excluding tert-OH is 1. The smallest absolute Gasteiger partial charge is 0.0685 e. The molecule has 0 aliphatic rings. The van der Waals surface area contributed by atoms with E-state index in [1.54, 1.807) is 30.3 Å². The van der Waals surface area contributed by atoms with E-state index < -0.39 is 0 Å². The fraction of sp³-hybridized carbons (Fsp3) is 0.0769. The first kappa shape index (κ1) is 14.0. The number of halogens is 4. The van der Waals surface area contributed by atoms with Crippen molar-refractivity contribution in [3.05, 3.63) is 56.0 Å². The van der Waals surface area contributed by atoms with Gasteiger partial charge in [-0.25, -0.2) is 0 Å². The van der Waals surface area contributed by atoms with Crippen LogP contribution in [0.25, 0.3) is 11.1 Å². The fourth-order valence-corrected chi connectivity index (χ4v) is 2.68. The van der Waals surface area contributed by atoms with E-state index in [4.69, 9.17) is 46.4 Å². The molecule has 1 nitrogen and oxygen atoms in total. The van der Waals surface area contributed by atoms with Crippen molar-refractivity contribution in [2.24, 2.45) is 0 Å². The average molecular weight is 322 g/mol. The first-order chi connectivity index (χ1) is 8.52. The van der Waals surface area contributed by atoms with E-state index in [1.807, 2.05) is 0 Å². The van der Waals surface area contributed by atoms with Crippen LogP contribution in [0.5, 0.6) is 0 Å². The summed E-state index contributed by atoms with van der Waals surface area (Å²) in [5.74, 6) is 0. The second kappa shape index (κ2) is 5.68. The molecule has 0 saturated carbocycles. The Kier molecular flexibility index (Phi) is 4.41. The van der Waals surface area contributed by atoms with Gasteiger partial charge in [-0.05, 0) is 41.5 Å². The molecule has 94 valence electrons. The summed E-state index contributed by atoms with van der Waals surface area (Å²) in [5.41, 5.74) is 2.02. The quantitative estimate of drug-likeness (QED) is 0.728. The summed E-state index contributed by atoms with van der Waals surface area (Å²) < 4.78 is 0. The summed E-state index contributed by atoms with van der Waals surface area (Å²) in [6.07, 6.45) is 0. The SMILES string of the molecule is OCc1cc(Cl)cc(-c2c(Cl)ccc(Cl)c2Cl)c1. The van der Waals surface area contributed by atoms with Crippen molar-refractivity contribution in [2.45, 2.75) is 6.61 Å². The van der Waals surface area contributed by atoms with E-state index in [2.05, 4.69) is 0 Å². The molecule has 0 heterocycles. The van der Waals surface area contributed by atoms with Gasteiger partial charge in [0.2, 0.25) is 0 Å². The molecule has 0 amide bonds. The Morgan fingerprint density at radius 2 is 1.56 bits per heavy atom. The molecule has 18 heavy (non-hydrogen) atoms. The van der Waals surface area contributed by atoms with Crippen molar-refractivity contribution in [1.29, 1.82) is 0 Å². The molecule has 0 saturated heterocycles. The van der Waals surface area contributed by atoms with Crippen molar-refractivity contribution in [1.82, 2.24) is 0 Å². The molecular formula is C13H8Cl4O. The minimum atomic E-state index is -0.108. The highest BCUT2D eigenvalue weighted by Gasteiger charge is 2.13. The molecular weight excluding hydrogens is 314 g/mol. The maximum absolute atomic E-state index is 9.18. The Morgan fingerprint density at radius 1 is 0.889 bits per heavy atom. The van der Waals surface area contributed by atoms with Gasteiger partial charge >= 0.3 is 0 Å². The summed E-state index contributed by atoms with van der Waals surface area (Å²) in [4.78, 5) is 0. The van der Waals surface area contributed by atoms with Crippen LogP contribution in [-0.4, -0.2) is 5.11 Å². The van der Waals surface area contributed by atoms with Crippen molar-refractivity contribution in [3.8, 4) is 11.1 Å². The van der Waals surface area contributed by atoms with Gasteiger partial charge in [0, 0.05) is 15.6 Å². The molecule has 1 N–H and O–H groups in total. The lowest BCUT2D eigenvalue weighted by atomic mass is 10.0. The minimum Gasteiger partial charge on any atom is -0.392 e. The zero-order valence-corrected chi connectivity index (χ0v) is 12.1. The van der Waals surface area contributed by atoms with Crippen LogP contribution in [0, 0.1) is 0 Å². The van der Waals surface area contributed by atoms with Gasteiger partial charge in [-0.2, -0.15) is 0 Å². The lowest BCUT2D eigenvalue weighted by molar-refractivity contribution is 0.282. The van der Waals surface area contributed by atoms with Crippen molar-refractivity contribution in [3.63, 3.8) is 0 Å². The fourth-order valence-electron chi connectivity index (χ4n) is 1.68. The maximum atomic E-state index is 9.18. The van der Waals surface area contributed by atoms with Crippen molar-refractivity contribution >= 4 is 46.4 Å². The first-order valence-corrected chi connectivity index (χ1v) is 6.58. The number of hydrogen-bond donors (Lipinski definition) is 1. The molecule has 0 atom stereocenters. The molecule has 0 unspecified atom stereocenters. The van der Waals surface area contributed by atoms with Crippen molar-refractivity contribution in [2.75, 3.05) is 0 Å². The van der Waals surface area contributed by atoms with Gasteiger partial charge in [-0.1, -0.05) is 46.4 Å². The second-order valence-corrected chi connectivity index (χ2v) is 5.35. The number of rotatable bonds is 2. The zero-order valence-electron chi connectivity index (χ0n) is 9.05. The highest BCUT2D eigenvalue weighted by molar-refractivity contribution is 6.46. The lowest BCUT2D eigenvalue weighted by Crippen LogP contribution is -1.88. The molecule has 0 fully saturated rings. The maximum Gasteiger partial charge on any atom is 0.0685 e. The van der Waals surface area contributed by atoms with Crippen LogP contribution in [0.15, 0.2) is 30.3 Å². The van der Waals surface area contributed by atoms with Gasteiger partial charge in [0.05, 0.1) is 16.7 Å². The number of hydrogen-bond acceptors (Lipinski definition) is 1. The summed E-state index contributed by atoms with van der Waals surface area (Å²) in [6.45, 7) is -0.108. The van der Waals surface area contributed by atoms with Gasteiger partial charge in [0.15, 0.2) is 0 Å². The van der Waals surface area contributed by atoms with Crippen LogP contribution in [0.2, 0.25) is 20.1 Å². The van der Waals surface area contributed by atoms with Gasteiger partial charge in [0.1, 0.15) is 0 Å². The van der Waals surface area contributed by atoms with Crippen molar-refractivity contribution < 1.29 is 5.11 Å². The van der Waals surface area contributed by atoms with E-state index >= 15 is 0 Å². The molecule has 0 bridgehead atoms. The third-order valence-corrected chi connectivity index (χ3v) is 3.81. The molecule has 2 aromatic rings. The van der Waals surface area contributed by atoms with Gasteiger partial charge < -0.3 is 5.11 Å². The summed E-state index contributed by atoms with van der Waals surface area (Å²) in [5, 5.41) is 11.0. The predicted molar refractivity (Wildman–Crippen MR) is 77.8 cm³/mol. The normalized spacial score (nSPS) is 10.7. The zero-order chi connectivity index (χ0) is 13.3. The molecule has 2 rings (SSSR count). The number of aliphatic hydroxyl groups is 1. The standard InChI is InChI=1S/C13H8Cl4O/c14-9-4-7(6-18)3-8(5-9)12-10(15)1-2-11(16)13(12)17/h1-5,18H,6H2.